The smallest absolute Gasteiger partial charge is 0.101 e. The molecule has 1 aliphatic rings. The van der Waals surface area contributed by atoms with Crippen LogP contribution in [-0.2, 0) is 4.74 Å². The first-order chi connectivity index (χ1) is 8.11. The summed E-state index contributed by atoms with van der Waals surface area (Å²) in [5, 5.41) is 9.18. The number of ether oxygens (including phenoxy) is 1. The van der Waals surface area contributed by atoms with Gasteiger partial charge in [-0.05, 0) is 38.5 Å². The maximum Gasteiger partial charge on any atom is 0.101 e. The van der Waals surface area contributed by atoms with E-state index in [1.54, 1.807) is 0 Å². The highest BCUT2D eigenvalue weighted by Crippen LogP contribution is 2.26. The second kappa shape index (κ2) is 4.77. The number of aryl methyl sites for hydroxylation is 1. The van der Waals surface area contributed by atoms with Gasteiger partial charge in [0.25, 0.3) is 0 Å². The Morgan fingerprint density at radius 2 is 2.18 bits per heavy atom. The maximum absolute atomic E-state index is 9.18. The molecule has 0 N–H and O–H groups in total. The van der Waals surface area contributed by atoms with Gasteiger partial charge in [-0.2, -0.15) is 5.26 Å². The molecular weight excluding hydrogens is 212 g/mol. The topological polar surface area (TPSA) is 36.3 Å². The molecular formula is C14H18N2O. The fourth-order valence-corrected chi connectivity index (χ4v) is 2.21. The number of hydrogen-bond donors (Lipinski definition) is 0. The third-order valence-electron chi connectivity index (χ3n) is 3.19. The first-order valence-corrected chi connectivity index (χ1v) is 6.01. The van der Waals surface area contributed by atoms with Crippen molar-refractivity contribution in [2.45, 2.75) is 32.9 Å². The molecule has 2 atom stereocenters. The van der Waals surface area contributed by atoms with Gasteiger partial charge in [-0.25, -0.2) is 0 Å². The Morgan fingerprint density at radius 3 is 2.88 bits per heavy atom. The highest BCUT2D eigenvalue weighted by Gasteiger charge is 2.25. The van der Waals surface area contributed by atoms with Crippen molar-refractivity contribution in [2.75, 3.05) is 18.1 Å². The number of benzene rings is 1. The molecule has 3 heteroatoms. The second-order valence-electron chi connectivity index (χ2n) is 4.78. The minimum atomic E-state index is 0.221. The largest absolute Gasteiger partial charge is 0.375 e. The van der Waals surface area contributed by atoms with Gasteiger partial charge in [-0.3, -0.25) is 0 Å². The maximum atomic E-state index is 9.18. The molecule has 90 valence electrons. The lowest BCUT2D eigenvalue weighted by atomic mass is 10.1. The molecule has 0 spiro atoms. The van der Waals surface area contributed by atoms with Gasteiger partial charge in [-0.1, -0.05) is 6.07 Å². The molecule has 2 rings (SSSR count). The number of nitriles is 1. The molecule has 1 aliphatic heterocycles. The predicted octanol–water partition coefficient (Wildman–Crippen LogP) is 2.48. The molecule has 1 heterocycles. The zero-order chi connectivity index (χ0) is 12.4. The molecule has 0 bridgehead atoms. The van der Waals surface area contributed by atoms with Crippen LogP contribution in [0.5, 0.6) is 0 Å². The second-order valence-corrected chi connectivity index (χ2v) is 4.78. The van der Waals surface area contributed by atoms with Crippen LogP contribution in [0.2, 0.25) is 0 Å². The zero-order valence-corrected chi connectivity index (χ0v) is 10.6. The number of rotatable bonds is 1. The van der Waals surface area contributed by atoms with Crippen LogP contribution in [0, 0.1) is 18.3 Å². The standard InChI is InChI=1S/C14H18N2O/c1-10-4-5-13(7-15)14(6-10)16-8-12(3)17-9-11(16)2/h4-6,11-12H,8-9H2,1-3H3. The summed E-state index contributed by atoms with van der Waals surface area (Å²) in [4.78, 5) is 2.28. The van der Waals surface area contributed by atoms with Gasteiger partial charge in [0.1, 0.15) is 6.07 Å². The summed E-state index contributed by atoms with van der Waals surface area (Å²) in [7, 11) is 0. The van der Waals surface area contributed by atoms with Gasteiger partial charge in [0.2, 0.25) is 0 Å². The quantitative estimate of drug-likeness (QED) is 0.743. The van der Waals surface area contributed by atoms with Crippen LogP contribution >= 0.6 is 0 Å². The van der Waals surface area contributed by atoms with E-state index in [4.69, 9.17) is 4.74 Å². The minimum absolute atomic E-state index is 0.221. The van der Waals surface area contributed by atoms with Crippen molar-refractivity contribution in [3.63, 3.8) is 0 Å². The molecule has 1 aromatic rings. The molecule has 2 unspecified atom stereocenters. The van der Waals surface area contributed by atoms with Crippen LogP contribution in [0.1, 0.15) is 25.0 Å². The molecule has 0 aliphatic carbocycles. The normalized spacial score (nSPS) is 24.5. The molecule has 17 heavy (non-hydrogen) atoms. The molecule has 1 fully saturated rings. The van der Waals surface area contributed by atoms with Gasteiger partial charge in [-0.15, -0.1) is 0 Å². The molecule has 1 aromatic carbocycles. The summed E-state index contributed by atoms with van der Waals surface area (Å²) in [6, 6.07) is 8.57. The first kappa shape index (κ1) is 11.9. The van der Waals surface area contributed by atoms with E-state index >= 15 is 0 Å². The number of hydrogen-bond acceptors (Lipinski definition) is 3. The summed E-state index contributed by atoms with van der Waals surface area (Å²) in [6.45, 7) is 7.83. The fraction of sp³-hybridized carbons (Fsp3) is 0.500. The Hall–Kier alpha value is -1.53. The molecule has 0 saturated carbocycles. The van der Waals surface area contributed by atoms with Crippen molar-refractivity contribution in [1.82, 2.24) is 0 Å². The van der Waals surface area contributed by atoms with Crippen molar-refractivity contribution in [3.8, 4) is 6.07 Å². The Bertz CT molecular complexity index is 450. The van der Waals surface area contributed by atoms with E-state index in [2.05, 4.69) is 37.8 Å². The third kappa shape index (κ3) is 2.42. The van der Waals surface area contributed by atoms with E-state index in [1.807, 2.05) is 12.1 Å². The molecule has 0 amide bonds. The molecule has 1 saturated heterocycles. The van der Waals surface area contributed by atoms with E-state index in [0.29, 0.717) is 6.04 Å². The third-order valence-corrected chi connectivity index (χ3v) is 3.19. The van der Waals surface area contributed by atoms with E-state index in [9.17, 15) is 5.26 Å². The van der Waals surface area contributed by atoms with Crippen molar-refractivity contribution in [3.05, 3.63) is 29.3 Å². The lowest BCUT2D eigenvalue weighted by Gasteiger charge is -2.39. The van der Waals surface area contributed by atoms with E-state index in [0.717, 1.165) is 24.4 Å². The molecule has 0 aromatic heterocycles. The average molecular weight is 230 g/mol. The lowest BCUT2D eigenvalue weighted by Crippen LogP contribution is -2.47. The van der Waals surface area contributed by atoms with E-state index in [-0.39, 0.29) is 6.10 Å². The van der Waals surface area contributed by atoms with Gasteiger partial charge < -0.3 is 9.64 Å². The van der Waals surface area contributed by atoms with Gasteiger partial charge >= 0.3 is 0 Å². The zero-order valence-electron chi connectivity index (χ0n) is 10.6. The van der Waals surface area contributed by atoms with Crippen LogP contribution in [0.4, 0.5) is 5.69 Å². The summed E-state index contributed by atoms with van der Waals surface area (Å²) in [5.74, 6) is 0. The Labute approximate surface area is 103 Å². The van der Waals surface area contributed by atoms with Crippen LogP contribution in [-0.4, -0.2) is 25.3 Å². The highest BCUT2D eigenvalue weighted by molar-refractivity contribution is 5.61. The van der Waals surface area contributed by atoms with E-state index < -0.39 is 0 Å². The van der Waals surface area contributed by atoms with Crippen molar-refractivity contribution in [1.29, 1.82) is 5.26 Å². The van der Waals surface area contributed by atoms with Gasteiger partial charge in [0.15, 0.2) is 0 Å². The Balaban J connectivity index is 2.38. The molecule has 0 radical (unpaired) electrons. The summed E-state index contributed by atoms with van der Waals surface area (Å²) < 4.78 is 5.62. The number of morpholine rings is 1. The fourth-order valence-electron chi connectivity index (χ4n) is 2.21. The summed E-state index contributed by atoms with van der Waals surface area (Å²) in [6.07, 6.45) is 0.221. The van der Waals surface area contributed by atoms with Crippen LogP contribution < -0.4 is 4.90 Å². The SMILES string of the molecule is Cc1ccc(C#N)c(N2CC(C)OCC2C)c1. The monoisotopic (exact) mass is 230 g/mol. The predicted molar refractivity (Wildman–Crippen MR) is 68.1 cm³/mol. The lowest BCUT2D eigenvalue weighted by molar-refractivity contribution is 0.0343. The van der Waals surface area contributed by atoms with Crippen molar-refractivity contribution in [2.24, 2.45) is 0 Å². The Kier molecular flexibility index (Phi) is 3.35. The van der Waals surface area contributed by atoms with Crippen molar-refractivity contribution < 1.29 is 4.74 Å². The molecule has 3 nitrogen and oxygen atoms in total. The Morgan fingerprint density at radius 1 is 1.41 bits per heavy atom. The summed E-state index contributed by atoms with van der Waals surface area (Å²) in [5.41, 5.74) is 2.97. The van der Waals surface area contributed by atoms with Crippen LogP contribution in [0.3, 0.4) is 0 Å². The number of nitrogens with zero attached hydrogens (tertiary/aromatic N) is 2. The van der Waals surface area contributed by atoms with Gasteiger partial charge in [0, 0.05) is 12.6 Å². The number of anilines is 1. The average Bonchev–Trinajstić information content (AvgIpc) is 2.32. The minimum Gasteiger partial charge on any atom is -0.375 e. The van der Waals surface area contributed by atoms with Crippen LogP contribution in [0.25, 0.3) is 0 Å². The van der Waals surface area contributed by atoms with Crippen molar-refractivity contribution >= 4 is 5.69 Å². The van der Waals surface area contributed by atoms with Crippen LogP contribution in [0.15, 0.2) is 18.2 Å². The summed E-state index contributed by atoms with van der Waals surface area (Å²) >= 11 is 0. The van der Waals surface area contributed by atoms with Gasteiger partial charge in [0.05, 0.1) is 24.0 Å². The first-order valence-electron chi connectivity index (χ1n) is 6.01. The highest BCUT2D eigenvalue weighted by atomic mass is 16.5. The van der Waals surface area contributed by atoms with E-state index in [1.165, 1.54) is 5.56 Å².